The Labute approximate surface area is 284 Å². The van der Waals surface area contributed by atoms with Gasteiger partial charge in [0.05, 0.1) is 11.0 Å². The van der Waals surface area contributed by atoms with Gasteiger partial charge in [-0.25, -0.2) is 0 Å². The highest BCUT2D eigenvalue weighted by Crippen LogP contribution is 2.44. The summed E-state index contributed by atoms with van der Waals surface area (Å²) >= 11 is 0. The topological polar surface area (TPSA) is 17.8 Å². The van der Waals surface area contributed by atoms with Crippen LogP contribution in [0.3, 0.4) is 0 Å². The summed E-state index contributed by atoms with van der Waals surface area (Å²) in [5.74, 6) is 0. The number of benzene rings is 8. The first-order valence-electron chi connectivity index (χ1n) is 16.8. The molecule has 0 aliphatic carbocycles. The molecular weight excluding hydrogens is 593 g/mol. The van der Waals surface area contributed by atoms with Crippen molar-refractivity contribution in [2.75, 3.05) is 0 Å². The average Bonchev–Trinajstić information content (AvgIpc) is 3.51. The lowest BCUT2D eigenvalue weighted by Gasteiger charge is -2.18. The number of hydrogen-bond acceptors (Lipinski definition) is 1. The molecular formula is C47H30N2. The van der Waals surface area contributed by atoms with Gasteiger partial charge in [-0.15, -0.1) is 0 Å². The number of aromatic nitrogens is 2. The van der Waals surface area contributed by atoms with E-state index in [1.165, 1.54) is 70.8 Å². The fourth-order valence-corrected chi connectivity index (χ4v) is 7.83. The molecule has 10 aromatic rings. The number of hydrogen-bond donors (Lipinski definition) is 0. The van der Waals surface area contributed by atoms with Crippen LogP contribution in [0.2, 0.25) is 0 Å². The Morgan fingerprint density at radius 3 is 1.41 bits per heavy atom. The Morgan fingerprint density at radius 2 is 0.796 bits per heavy atom. The second-order valence-corrected chi connectivity index (χ2v) is 12.8. The minimum absolute atomic E-state index is 1.10. The Hall–Kier alpha value is -6.51. The van der Waals surface area contributed by atoms with Crippen LogP contribution in [0, 0.1) is 0 Å². The van der Waals surface area contributed by atoms with Crippen LogP contribution in [0.4, 0.5) is 0 Å². The van der Waals surface area contributed by atoms with Crippen LogP contribution in [0.25, 0.3) is 93.2 Å². The van der Waals surface area contributed by atoms with E-state index in [2.05, 4.69) is 174 Å². The first kappa shape index (κ1) is 27.6. The minimum Gasteiger partial charge on any atom is -0.309 e. The monoisotopic (exact) mass is 622 g/mol. The van der Waals surface area contributed by atoms with E-state index in [1.54, 1.807) is 0 Å². The summed E-state index contributed by atoms with van der Waals surface area (Å²) in [6.07, 6.45) is 3.99. The zero-order valence-electron chi connectivity index (χ0n) is 26.7. The van der Waals surface area contributed by atoms with Gasteiger partial charge in [-0.05, 0) is 91.0 Å². The van der Waals surface area contributed by atoms with E-state index in [0.29, 0.717) is 0 Å². The summed E-state index contributed by atoms with van der Waals surface area (Å²) in [7, 11) is 0. The van der Waals surface area contributed by atoms with Crippen molar-refractivity contribution >= 4 is 54.1 Å². The Balaban J connectivity index is 1.12. The zero-order chi connectivity index (χ0) is 32.3. The molecule has 0 N–H and O–H groups in total. The van der Waals surface area contributed by atoms with Crippen LogP contribution in [0.5, 0.6) is 0 Å². The summed E-state index contributed by atoms with van der Waals surface area (Å²) in [5, 5.41) is 9.98. The van der Waals surface area contributed by atoms with Gasteiger partial charge in [-0.1, -0.05) is 133 Å². The fraction of sp³-hybridized carbons (Fsp3) is 0. The number of rotatable bonds is 4. The van der Waals surface area contributed by atoms with Gasteiger partial charge in [0.15, 0.2) is 0 Å². The predicted octanol–water partition coefficient (Wildman–Crippen LogP) is 12.6. The fourth-order valence-electron chi connectivity index (χ4n) is 7.83. The first-order chi connectivity index (χ1) is 24.3. The molecule has 0 bridgehead atoms. The highest BCUT2D eigenvalue weighted by molar-refractivity contribution is 6.21. The van der Waals surface area contributed by atoms with Gasteiger partial charge in [0, 0.05) is 40.0 Å². The van der Waals surface area contributed by atoms with Gasteiger partial charge in [-0.3, -0.25) is 4.98 Å². The lowest BCUT2D eigenvalue weighted by molar-refractivity contribution is 1.18. The lowest BCUT2D eigenvalue weighted by Crippen LogP contribution is -1.94. The molecule has 0 aliphatic heterocycles. The van der Waals surface area contributed by atoms with Gasteiger partial charge in [0.1, 0.15) is 0 Å². The molecule has 49 heavy (non-hydrogen) atoms. The molecule has 2 nitrogen and oxygen atoms in total. The van der Waals surface area contributed by atoms with Crippen LogP contribution in [0.1, 0.15) is 0 Å². The standard InChI is InChI=1S/C47H30N2/c1-2-12-33-27-34(22-21-31(33)11-1)46-40-15-3-5-17-42(40)47(43-18-6-4-16-41(43)46)36-28-35(29-48-30-36)32-23-25-37(26-24-32)49-44-19-9-7-13-38(44)39-14-8-10-20-45(39)49/h1-30H. The van der Waals surface area contributed by atoms with Crippen LogP contribution in [0.15, 0.2) is 182 Å². The molecule has 228 valence electrons. The van der Waals surface area contributed by atoms with Crippen molar-refractivity contribution < 1.29 is 0 Å². The largest absolute Gasteiger partial charge is 0.309 e. The van der Waals surface area contributed by atoms with E-state index in [9.17, 15) is 0 Å². The van der Waals surface area contributed by atoms with E-state index in [1.807, 2.05) is 12.4 Å². The van der Waals surface area contributed by atoms with Crippen molar-refractivity contribution in [3.05, 3.63) is 182 Å². The third-order valence-electron chi connectivity index (χ3n) is 10.0. The maximum Gasteiger partial charge on any atom is 0.0541 e. The first-order valence-corrected chi connectivity index (χ1v) is 16.8. The molecule has 0 fully saturated rings. The molecule has 0 aliphatic rings. The quantitative estimate of drug-likeness (QED) is 0.179. The van der Waals surface area contributed by atoms with E-state index in [4.69, 9.17) is 4.98 Å². The molecule has 2 heterocycles. The molecule has 2 heteroatoms. The average molecular weight is 623 g/mol. The number of fused-ring (bicyclic) bond motifs is 6. The van der Waals surface area contributed by atoms with Crippen LogP contribution in [-0.2, 0) is 0 Å². The zero-order valence-corrected chi connectivity index (χ0v) is 26.7. The van der Waals surface area contributed by atoms with Gasteiger partial charge in [0.2, 0.25) is 0 Å². The van der Waals surface area contributed by atoms with E-state index in [-0.39, 0.29) is 0 Å². The summed E-state index contributed by atoms with van der Waals surface area (Å²) in [5.41, 5.74) is 10.6. The Kier molecular flexibility index (Phi) is 6.22. The number of pyridine rings is 1. The third-order valence-corrected chi connectivity index (χ3v) is 10.0. The van der Waals surface area contributed by atoms with Gasteiger partial charge in [-0.2, -0.15) is 0 Å². The number of para-hydroxylation sites is 2. The van der Waals surface area contributed by atoms with Gasteiger partial charge in [0.25, 0.3) is 0 Å². The van der Waals surface area contributed by atoms with Crippen molar-refractivity contribution in [1.29, 1.82) is 0 Å². The Morgan fingerprint density at radius 1 is 0.327 bits per heavy atom. The van der Waals surface area contributed by atoms with Gasteiger partial charge >= 0.3 is 0 Å². The van der Waals surface area contributed by atoms with E-state index < -0.39 is 0 Å². The summed E-state index contributed by atoms with van der Waals surface area (Å²) < 4.78 is 2.36. The minimum atomic E-state index is 1.10. The maximum absolute atomic E-state index is 4.81. The SMILES string of the molecule is c1ccc2cc(-c3c4ccccc4c(-c4cncc(-c5ccc(-n6c7ccccc7c7ccccc76)cc5)c4)c4ccccc34)ccc2c1. The highest BCUT2D eigenvalue weighted by atomic mass is 15.0. The molecule has 2 aromatic heterocycles. The molecule has 10 rings (SSSR count). The van der Waals surface area contributed by atoms with E-state index >= 15 is 0 Å². The lowest BCUT2D eigenvalue weighted by atomic mass is 9.85. The molecule has 0 radical (unpaired) electrons. The predicted molar refractivity (Wildman–Crippen MR) is 207 cm³/mol. The van der Waals surface area contributed by atoms with Crippen molar-refractivity contribution in [2.45, 2.75) is 0 Å². The molecule has 0 saturated carbocycles. The van der Waals surface area contributed by atoms with Gasteiger partial charge < -0.3 is 4.57 Å². The summed E-state index contributed by atoms with van der Waals surface area (Å²) in [6, 6.07) is 61.6. The third kappa shape index (κ3) is 4.38. The molecule has 0 unspecified atom stereocenters. The second kappa shape index (κ2) is 11.0. The smallest absolute Gasteiger partial charge is 0.0541 e. The highest BCUT2D eigenvalue weighted by Gasteiger charge is 2.18. The second-order valence-electron chi connectivity index (χ2n) is 12.8. The maximum atomic E-state index is 4.81. The molecule has 0 spiro atoms. The molecule has 0 atom stereocenters. The normalized spacial score (nSPS) is 11.7. The Bertz CT molecular complexity index is 2770. The molecule has 0 saturated heterocycles. The van der Waals surface area contributed by atoms with Crippen molar-refractivity contribution in [2.24, 2.45) is 0 Å². The molecule has 8 aromatic carbocycles. The van der Waals surface area contributed by atoms with Crippen LogP contribution >= 0.6 is 0 Å². The van der Waals surface area contributed by atoms with Crippen molar-refractivity contribution in [3.8, 4) is 39.1 Å². The van der Waals surface area contributed by atoms with Crippen LogP contribution in [-0.4, -0.2) is 9.55 Å². The van der Waals surface area contributed by atoms with Crippen molar-refractivity contribution in [3.63, 3.8) is 0 Å². The number of nitrogens with zero attached hydrogens (tertiary/aromatic N) is 2. The summed E-state index contributed by atoms with van der Waals surface area (Å²) in [6.45, 7) is 0. The van der Waals surface area contributed by atoms with E-state index in [0.717, 1.165) is 22.4 Å². The van der Waals surface area contributed by atoms with Crippen molar-refractivity contribution in [1.82, 2.24) is 9.55 Å². The molecule has 0 amide bonds. The summed E-state index contributed by atoms with van der Waals surface area (Å²) in [4.78, 5) is 4.81. The van der Waals surface area contributed by atoms with Crippen LogP contribution < -0.4 is 0 Å².